The highest BCUT2D eigenvalue weighted by Gasteiger charge is 2.17. The molecule has 1 aromatic carbocycles. The van der Waals surface area contributed by atoms with E-state index < -0.39 is 0 Å². The standard InChI is InChI=1S/C19H20FN5O/c1-12(10-21)19(26)23-11-16-24-17(13-5-4-6-14(20)9-13)18(25-16)15-7-2-3-8-22-15/h2-9,12H,10-11,21H2,1H3,(H,23,26)(H,24,25)/t12-/m0/s1. The Morgan fingerprint density at radius 1 is 1.31 bits per heavy atom. The Bertz CT molecular complexity index is 894. The number of rotatable bonds is 6. The first-order valence-electron chi connectivity index (χ1n) is 8.32. The second kappa shape index (κ2) is 7.88. The van der Waals surface area contributed by atoms with E-state index in [1.165, 1.54) is 12.1 Å². The van der Waals surface area contributed by atoms with Crippen LogP contribution >= 0.6 is 0 Å². The van der Waals surface area contributed by atoms with Gasteiger partial charge in [0.15, 0.2) is 0 Å². The van der Waals surface area contributed by atoms with Crippen LogP contribution in [-0.4, -0.2) is 27.4 Å². The molecule has 0 unspecified atom stereocenters. The fraction of sp³-hybridized carbons (Fsp3) is 0.211. The molecule has 7 heteroatoms. The number of hydrogen-bond donors (Lipinski definition) is 3. The Kier molecular flexibility index (Phi) is 5.38. The average molecular weight is 353 g/mol. The quantitative estimate of drug-likeness (QED) is 0.634. The van der Waals surface area contributed by atoms with E-state index in [2.05, 4.69) is 20.3 Å². The van der Waals surface area contributed by atoms with Crippen molar-refractivity contribution in [1.82, 2.24) is 20.3 Å². The highest BCUT2D eigenvalue weighted by atomic mass is 19.1. The second-order valence-corrected chi connectivity index (χ2v) is 5.99. The van der Waals surface area contributed by atoms with Gasteiger partial charge >= 0.3 is 0 Å². The molecular formula is C19H20FN5O. The summed E-state index contributed by atoms with van der Waals surface area (Å²) in [6.45, 7) is 2.25. The summed E-state index contributed by atoms with van der Waals surface area (Å²) in [5.41, 5.74) is 8.09. The van der Waals surface area contributed by atoms with Crippen molar-refractivity contribution >= 4 is 5.91 Å². The number of nitrogens with one attached hydrogen (secondary N) is 2. The van der Waals surface area contributed by atoms with Gasteiger partial charge in [-0.3, -0.25) is 9.78 Å². The van der Waals surface area contributed by atoms with Crippen LogP contribution < -0.4 is 11.1 Å². The molecule has 134 valence electrons. The number of pyridine rings is 1. The molecule has 3 rings (SSSR count). The van der Waals surface area contributed by atoms with E-state index in [0.29, 0.717) is 28.5 Å². The third-order valence-electron chi connectivity index (χ3n) is 4.00. The van der Waals surface area contributed by atoms with Gasteiger partial charge in [-0.05, 0) is 24.3 Å². The number of amides is 1. The van der Waals surface area contributed by atoms with Crippen LogP contribution in [0.5, 0.6) is 0 Å². The number of carbonyl (C=O) groups excluding carboxylic acids is 1. The number of nitrogens with two attached hydrogens (primary N) is 1. The van der Waals surface area contributed by atoms with Gasteiger partial charge in [-0.25, -0.2) is 9.37 Å². The smallest absolute Gasteiger partial charge is 0.224 e. The SMILES string of the molecule is C[C@@H](CN)C(=O)NCc1nc(-c2cccc(F)c2)c(-c2ccccn2)[nH]1. The van der Waals surface area contributed by atoms with E-state index in [1.807, 2.05) is 18.2 Å². The second-order valence-electron chi connectivity index (χ2n) is 5.99. The van der Waals surface area contributed by atoms with Crippen molar-refractivity contribution in [2.24, 2.45) is 11.7 Å². The largest absolute Gasteiger partial charge is 0.349 e. The highest BCUT2D eigenvalue weighted by molar-refractivity contribution is 5.79. The Balaban J connectivity index is 1.94. The maximum Gasteiger partial charge on any atom is 0.224 e. The minimum atomic E-state index is -0.343. The topological polar surface area (TPSA) is 96.7 Å². The third kappa shape index (κ3) is 3.94. The molecule has 0 saturated heterocycles. The number of nitrogens with zero attached hydrogens (tertiary/aromatic N) is 2. The predicted molar refractivity (Wildman–Crippen MR) is 97.3 cm³/mol. The molecule has 6 nitrogen and oxygen atoms in total. The summed E-state index contributed by atoms with van der Waals surface area (Å²) in [4.78, 5) is 24.0. The van der Waals surface area contributed by atoms with Crippen LogP contribution in [0.4, 0.5) is 4.39 Å². The van der Waals surface area contributed by atoms with Gasteiger partial charge < -0.3 is 16.0 Å². The van der Waals surface area contributed by atoms with Gasteiger partial charge in [0.2, 0.25) is 5.91 Å². The lowest BCUT2D eigenvalue weighted by Crippen LogP contribution is -2.33. The molecule has 0 bridgehead atoms. The van der Waals surface area contributed by atoms with E-state index >= 15 is 0 Å². The first-order valence-corrected chi connectivity index (χ1v) is 8.32. The Hall–Kier alpha value is -3.06. The van der Waals surface area contributed by atoms with Crippen molar-refractivity contribution in [3.8, 4) is 22.6 Å². The molecule has 0 spiro atoms. The van der Waals surface area contributed by atoms with Gasteiger partial charge in [-0.15, -0.1) is 0 Å². The third-order valence-corrected chi connectivity index (χ3v) is 4.00. The maximum atomic E-state index is 13.7. The molecule has 0 aliphatic heterocycles. The van der Waals surface area contributed by atoms with Crippen molar-refractivity contribution in [2.45, 2.75) is 13.5 Å². The number of carbonyl (C=O) groups is 1. The molecule has 0 aliphatic carbocycles. The Morgan fingerprint density at radius 2 is 2.15 bits per heavy atom. The molecular weight excluding hydrogens is 333 g/mol. The molecule has 0 fully saturated rings. The Morgan fingerprint density at radius 3 is 2.85 bits per heavy atom. The van der Waals surface area contributed by atoms with E-state index in [1.54, 1.807) is 25.3 Å². The fourth-order valence-electron chi connectivity index (χ4n) is 2.50. The van der Waals surface area contributed by atoms with Gasteiger partial charge in [0.25, 0.3) is 0 Å². The zero-order valence-electron chi connectivity index (χ0n) is 14.4. The van der Waals surface area contributed by atoms with E-state index in [4.69, 9.17) is 5.73 Å². The lowest BCUT2D eigenvalue weighted by Gasteiger charge is -2.08. The number of aromatic nitrogens is 3. The molecule has 1 atom stereocenters. The summed E-state index contributed by atoms with van der Waals surface area (Å²) in [6, 6.07) is 11.7. The normalized spacial score (nSPS) is 12.0. The van der Waals surface area contributed by atoms with Crippen LogP contribution in [0.3, 0.4) is 0 Å². The number of H-pyrrole nitrogens is 1. The maximum absolute atomic E-state index is 13.7. The van der Waals surface area contributed by atoms with E-state index in [0.717, 1.165) is 0 Å². The number of aromatic amines is 1. The van der Waals surface area contributed by atoms with Crippen LogP contribution in [0.25, 0.3) is 22.6 Å². The fourth-order valence-corrected chi connectivity index (χ4v) is 2.50. The first-order chi connectivity index (χ1) is 12.6. The molecule has 0 aliphatic rings. The molecule has 4 N–H and O–H groups in total. The lowest BCUT2D eigenvalue weighted by atomic mass is 10.1. The molecule has 2 heterocycles. The van der Waals surface area contributed by atoms with Crippen molar-refractivity contribution in [2.75, 3.05) is 6.54 Å². The summed E-state index contributed by atoms with van der Waals surface area (Å²) < 4.78 is 13.7. The molecule has 3 aromatic rings. The van der Waals surface area contributed by atoms with Gasteiger partial charge in [0, 0.05) is 24.2 Å². The van der Waals surface area contributed by atoms with Crippen molar-refractivity contribution in [1.29, 1.82) is 0 Å². The number of halogens is 1. The predicted octanol–water partition coefficient (Wildman–Crippen LogP) is 2.49. The molecule has 26 heavy (non-hydrogen) atoms. The van der Waals surface area contributed by atoms with Crippen LogP contribution in [0.2, 0.25) is 0 Å². The van der Waals surface area contributed by atoms with Gasteiger partial charge in [-0.1, -0.05) is 25.1 Å². The van der Waals surface area contributed by atoms with Crippen molar-refractivity contribution in [3.05, 3.63) is 60.3 Å². The van der Waals surface area contributed by atoms with Crippen LogP contribution in [0.1, 0.15) is 12.7 Å². The number of benzene rings is 1. The molecule has 2 aromatic heterocycles. The van der Waals surface area contributed by atoms with Gasteiger partial charge in [-0.2, -0.15) is 0 Å². The summed E-state index contributed by atoms with van der Waals surface area (Å²) in [5, 5.41) is 2.80. The highest BCUT2D eigenvalue weighted by Crippen LogP contribution is 2.29. The molecule has 0 saturated carbocycles. The van der Waals surface area contributed by atoms with Gasteiger partial charge in [0.1, 0.15) is 11.6 Å². The lowest BCUT2D eigenvalue weighted by molar-refractivity contribution is -0.124. The van der Waals surface area contributed by atoms with Gasteiger partial charge in [0.05, 0.1) is 23.6 Å². The van der Waals surface area contributed by atoms with E-state index in [-0.39, 0.29) is 30.7 Å². The van der Waals surface area contributed by atoms with Crippen LogP contribution in [-0.2, 0) is 11.3 Å². The Labute approximate surface area is 150 Å². The number of hydrogen-bond acceptors (Lipinski definition) is 4. The zero-order valence-corrected chi connectivity index (χ0v) is 14.4. The van der Waals surface area contributed by atoms with Crippen LogP contribution in [0.15, 0.2) is 48.7 Å². The average Bonchev–Trinajstić information content (AvgIpc) is 3.10. The first kappa shape index (κ1) is 17.8. The van der Waals surface area contributed by atoms with Crippen molar-refractivity contribution in [3.63, 3.8) is 0 Å². The molecule has 0 radical (unpaired) electrons. The number of imidazole rings is 1. The van der Waals surface area contributed by atoms with Crippen molar-refractivity contribution < 1.29 is 9.18 Å². The minimum absolute atomic E-state index is 0.143. The summed E-state index contributed by atoms with van der Waals surface area (Å²) >= 11 is 0. The summed E-state index contributed by atoms with van der Waals surface area (Å²) in [5.74, 6) is -0.204. The van der Waals surface area contributed by atoms with Crippen LogP contribution in [0, 0.1) is 11.7 Å². The monoisotopic (exact) mass is 353 g/mol. The van der Waals surface area contributed by atoms with E-state index in [9.17, 15) is 9.18 Å². The zero-order chi connectivity index (χ0) is 18.5. The minimum Gasteiger partial charge on any atom is -0.349 e. The molecule has 1 amide bonds. The summed E-state index contributed by atoms with van der Waals surface area (Å²) in [7, 11) is 0. The summed E-state index contributed by atoms with van der Waals surface area (Å²) in [6.07, 6.45) is 1.68.